The van der Waals surface area contributed by atoms with Crippen LogP contribution in [0.1, 0.15) is 56.6 Å². The molecule has 47 heavy (non-hydrogen) atoms. The van der Waals surface area contributed by atoms with Gasteiger partial charge in [-0.3, -0.25) is 0 Å². The van der Waals surface area contributed by atoms with Crippen LogP contribution in [-0.2, 0) is 19.3 Å². The zero-order valence-electron chi connectivity index (χ0n) is 29.6. The van der Waals surface area contributed by atoms with E-state index in [0.29, 0.717) is 17.8 Å². The summed E-state index contributed by atoms with van der Waals surface area (Å²) in [4.78, 5) is 17.0. The average Bonchev–Trinajstić information content (AvgIpc) is 3.66. The summed E-state index contributed by atoms with van der Waals surface area (Å²) in [6.07, 6.45) is 7.37. The van der Waals surface area contributed by atoms with E-state index >= 15 is 0 Å². The van der Waals surface area contributed by atoms with Crippen molar-refractivity contribution in [3.8, 4) is 0 Å². The Bertz CT molecular complexity index is 1710. The Morgan fingerprint density at radius 1 is 0.574 bits per heavy atom. The van der Waals surface area contributed by atoms with E-state index in [0.717, 1.165) is 40.7 Å². The Hall–Kier alpha value is 3.80. The summed E-state index contributed by atoms with van der Waals surface area (Å²) < 4.78 is 3.78. The number of rotatable bonds is 8. The van der Waals surface area contributed by atoms with Crippen LogP contribution in [0.25, 0.3) is 30.6 Å². The molecule has 0 saturated heterocycles. The summed E-state index contributed by atoms with van der Waals surface area (Å²) >= 11 is 13.1. The van der Waals surface area contributed by atoms with Gasteiger partial charge < -0.3 is 15.0 Å². The van der Waals surface area contributed by atoms with E-state index < -0.39 is 0 Å². The molecule has 0 aliphatic carbocycles. The van der Waals surface area contributed by atoms with Gasteiger partial charge >= 0.3 is 175 Å². The minimum atomic E-state index is 0. The van der Waals surface area contributed by atoms with Gasteiger partial charge in [-0.1, -0.05) is 55.6 Å². The molecule has 0 atom stereocenters. The summed E-state index contributed by atoms with van der Waals surface area (Å²) in [5.41, 5.74) is 3.23. The van der Waals surface area contributed by atoms with Gasteiger partial charge in [0.1, 0.15) is 0 Å². The van der Waals surface area contributed by atoms with Crippen LogP contribution in [0.4, 0.5) is 0 Å². The van der Waals surface area contributed by atoms with Crippen LogP contribution in [0.2, 0.25) is 0 Å². The van der Waals surface area contributed by atoms with Crippen LogP contribution >= 0.6 is 70.2 Å². The normalized spacial score (nSPS) is 10.7. The van der Waals surface area contributed by atoms with Gasteiger partial charge in [-0.25, -0.2) is 0 Å². The van der Waals surface area contributed by atoms with Crippen molar-refractivity contribution in [2.45, 2.75) is 75.5 Å². The molecular formula is C35H40N3Rb3S6. The second-order valence-corrected chi connectivity index (χ2v) is 17.2. The van der Waals surface area contributed by atoms with Gasteiger partial charge in [-0.2, -0.15) is 54.4 Å². The minimum absolute atomic E-state index is 0. The third-order valence-corrected chi connectivity index (χ3v) is 10.9. The van der Waals surface area contributed by atoms with Gasteiger partial charge in [-0.15, -0.1) is 85.1 Å². The fraction of sp³-hybridized carbons (Fsp3) is 0.400. The van der Waals surface area contributed by atoms with Crippen LogP contribution in [0, 0.1) is 36.0 Å². The molecule has 3 aromatic heterocycles. The summed E-state index contributed by atoms with van der Waals surface area (Å²) in [5, 5.41) is 3.70. The third kappa shape index (κ3) is 16.6. The molecule has 0 bridgehead atoms. The van der Waals surface area contributed by atoms with Crippen molar-refractivity contribution < 1.29 is 175 Å². The summed E-state index contributed by atoms with van der Waals surface area (Å²) in [5.74, 6) is 2.01. The van der Waals surface area contributed by atoms with Crippen molar-refractivity contribution in [1.82, 2.24) is 15.0 Å². The van der Waals surface area contributed by atoms with Crippen molar-refractivity contribution in [1.29, 1.82) is 0 Å². The topological polar surface area (TPSA) is 38.7 Å². The molecule has 0 unspecified atom stereocenters. The standard InChI is InChI=1S/2C12H14NS2.C11H12NS2.3Rb/c2*1-8(2)6-12-13-10-5-4-9(14-3)7-11(10)15-12;1-7(2)5-11-12-9-4-3-8(13)6-10(9)14-11;;;/h2*5,7-8H,6H2,1-3H3;4,6-7,13H,5H2,1-2H3;;;/q3*-1;3*+1. The van der Waals surface area contributed by atoms with E-state index in [2.05, 4.69) is 112 Å². The van der Waals surface area contributed by atoms with Crippen LogP contribution in [0.3, 0.4) is 0 Å². The maximum absolute atomic E-state index is 4.61. The number of hydrogen-bond acceptors (Lipinski definition) is 9. The van der Waals surface area contributed by atoms with Gasteiger partial charge in [0.2, 0.25) is 0 Å². The molecule has 3 aromatic carbocycles. The van der Waals surface area contributed by atoms with E-state index in [-0.39, 0.29) is 175 Å². The fourth-order valence-electron chi connectivity index (χ4n) is 4.25. The van der Waals surface area contributed by atoms with E-state index in [9.17, 15) is 0 Å². The Kier molecular flexibility index (Phi) is 26.0. The Morgan fingerprint density at radius 2 is 0.894 bits per heavy atom. The van der Waals surface area contributed by atoms with Crippen molar-refractivity contribution in [3.05, 3.63) is 69.6 Å². The molecule has 3 nitrogen and oxygen atoms in total. The predicted octanol–water partition coefficient (Wildman–Crippen LogP) is 2.63. The first kappa shape index (κ1) is 48.8. The number of thiazole rings is 3. The molecule has 0 saturated carbocycles. The van der Waals surface area contributed by atoms with Crippen molar-refractivity contribution in [2.24, 2.45) is 17.8 Å². The first-order valence-corrected chi connectivity index (χ1v) is 20.1. The maximum atomic E-state index is 4.61. The van der Waals surface area contributed by atoms with Gasteiger partial charge in [0.05, 0.1) is 15.0 Å². The maximum Gasteiger partial charge on any atom is 1.00 e. The Labute approximate surface area is 455 Å². The molecule has 0 aliphatic rings. The van der Waals surface area contributed by atoms with Crippen molar-refractivity contribution >= 4 is 101 Å². The first-order chi connectivity index (χ1) is 21.0. The van der Waals surface area contributed by atoms with Crippen LogP contribution in [-0.4, -0.2) is 27.5 Å². The molecule has 0 N–H and O–H groups in total. The number of fused-ring (bicyclic) bond motifs is 3. The second kappa shape index (κ2) is 25.1. The smallest absolute Gasteiger partial charge is 0.306 e. The molecule has 0 aliphatic heterocycles. The zero-order chi connectivity index (χ0) is 31.8. The summed E-state index contributed by atoms with van der Waals surface area (Å²) in [6.45, 7) is 13.3. The Balaban J connectivity index is 0.000000342. The monoisotopic (exact) mass is 949 g/mol. The van der Waals surface area contributed by atoms with Crippen molar-refractivity contribution in [2.75, 3.05) is 12.5 Å². The quantitative estimate of drug-likeness (QED) is 0.145. The largest absolute Gasteiger partial charge is 1.00 e. The van der Waals surface area contributed by atoms with E-state index in [1.807, 2.05) is 46.9 Å². The molecule has 0 amide bonds. The van der Waals surface area contributed by atoms with E-state index in [1.165, 1.54) is 38.9 Å². The summed E-state index contributed by atoms with van der Waals surface area (Å²) in [7, 11) is 0. The SMILES string of the molecule is CC(C)Cc1nc2c[c-]c(S)cc2s1.CSc1[c-]cc2nc(CC(C)C)sc2c1.CSc1[c-]cc2nc(CC(C)C)sc2c1.[Rb+].[Rb+].[Rb+]. The van der Waals surface area contributed by atoms with Crippen LogP contribution in [0.5, 0.6) is 0 Å². The van der Waals surface area contributed by atoms with E-state index in [1.54, 1.807) is 34.9 Å². The van der Waals surface area contributed by atoms with Crippen LogP contribution < -0.4 is 175 Å². The van der Waals surface area contributed by atoms with Crippen LogP contribution in [0.15, 0.2) is 51.1 Å². The molecule has 3 heterocycles. The molecule has 6 rings (SSSR count). The molecule has 0 radical (unpaired) electrons. The average molecular weight is 952 g/mol. The zero-order valence-corrected chi connectivity index (χ0v) is 49.4. The number of hydrogen-bond donors (Lipinski definition) is 1. The van der Waals surface area contributed by atoms with Gasteiger partial charge in [0.15, 0.2) is 0 Å². The van der Waals surface area contributed by atoms with Gasteiger partial charge in [0, 0.05) is 19.3 Å². The molecule has 6 aromatic rings. The molecule has 0 fully saturated rings. The first-order valence-electron chi connectivity index (χ1n) is 14.7. The third-order valence-electron chi connectivity index (χ3n) is 6.22. The molecule has 234 valence electrons. The number of thiol groups is 1. The van der Waals surface area contributed by atoms with Crippen molar-refractivity contribution in [3.63, 3.8) is 0 Å². The summed E-state index contributed by atoms with van der Waals surface area (Å²) in [6, 6.07) is 21.8. The number of benzene rings is 3. The fourth-order valence-corrected chi connectivity index (χ4v) is 9.11. The molecule has 0 spiro atoms. The number of aromatic nitrogens is 3. The second-order valence-electron chi connectivity index (χ2n) is 11.7. The Morgan fingerprint density at radius 3 is 1.21 bits per heavy atom. The predicted molar refractivity (Wildman–Crippen MR) is 202 cm³/mol. The van der Waals surface area contributed by atoms with Gasteiger partial charge in [-0.05, 0) is 46.8 Å². The van der Waals surface area contributed by atoms with E-state index in [4.69, 9.17) is 0 Å². The number of thioether (sulfide) groups is 2. The molecule has 12 heteroatoms. The minimum Gasteiger partial charge on any atom is -0.306 e. The number of nitrogens with zero attached hydrogens (tertiary/aromatic N) is 3. The van der Waals surface area contributed by atoms with Gasteiger partial charge in [0.25, 0.3) is 0 Å². The molecular weight excluding hydrogens is 911 g/mol.